The summed E-state index contributed by atoms with van der Waals surface area (Å²) in [5, 5.41) is 17.7. The fourth-order valence-electron chi connectivity index (χ4n) is 1.12. The Kier molecular flexibility index (Phi) is 2.50. The van der Waals surface area contributed by atoms with Crippen LogP contribution in [0, 0.1) is 19.7 Å². The van der Waals surface area contributed by atoms with E-state index >= 15 is 0 Å². The topological polar surface area (TPSA) is 40.5 Å². The van der Waals surface area contributed by atoms with Gasteiger partial charge >= 0.3 is 7.12 Å². The van der Waals surface area contributed by atoms with Crippen molar-refractivity contribution in [1.29, 1.82) is 0 Å². The molecule has 0 saturated heterocycles. The van der Waals surface area contributed by atoms with Gasteiger partial charge in [-0.25, -0.2) is 4.39 Å². The first-order chi connectivity index (χ1) is 5.54. The zero-order chi connectivity index (χ0) is 9.30. The van der Waals surface area contributed by atoms with Crippen LogP contribution in [-0.4, -0.2) is 17.2 Å². The zero-order valence-corrected chi connectivity index (χ0v) is 7.00. The van der Waals surface area contributed by atoms with Crippen molar-refractivity contribution in [2.24, 2.45) is 0 Å². The molecule has 0 radical (unpaired) electrons. The van der Waals surface area contributed by atoms with Crippen molar-refractivity contribution in [2.75, 3.05) is 0 Å². The summed E-state index contributed by atoms with van der Waals surface area (Å²) in [5.41, 5.74) is 1.40. The molecule has 1 rings (SSSR count). The van der Waals surface area contributed by atoms with Crippen LogP contribution in [0.5, 0.6) is 0 Å². The standard InChI is InChI=1S/C8H10BFO2/c1-5-3-4-7(10)8(6(5)2)9(11)12/h3-4,11-12H,1-2H3. The van der Waals surface area contributed by atoms with Crippen LogP contribution in [0.25, 0.3) is 0 Å². The molecule has 0 aliphatic heterocycles. The summed E-state index contributed by atoms with van der Waals surface area (Å²) in [5.74, 6) is -0.576. The summed E-state index contributed by atoms with van der Waals surface area (Å²) < 4.78 is 13.0. The van der Waals surface area contributed by atoms with E-state index in [1.54, 1.807) is 19.9 Å². The van der Waals surface area contributed by atoms with E-state index in [4.69, 9.17) is 10.0 Å². The Balaban J connectivity index is 3.33. The van der Waals surface area contributed by atoms with E-state index in [0.717, 1.165) is 5.56 Å². The highest BCUT2D eigenvalue weighted by molar-refractivity contribution is 6.59. The van der Waals surface area contributed by atoms with Gasteiger partial charge in [-0.2, -0.15) is 0 Å². The van der Waals surface area contributed by atoms with Gasteiger partial charge < -0.3 is 10.0 Å². The maximum Gasteiger partial charge on any atom is 0.491 e. The molecule has 12 heavy (non-hydrogen) atoms. The first-order valence-corrected chi connectivity index (χ1v) is 3.65. The van der Waals surface area contributed by atoms with Crippen molar-refractivity contribution in [3.63, 3.8) is 0 Å². The summed E-state index contributed by atoms with van der Waals surface area (Å²) in [6.07, 6.45) is 0. The molecule has 1 aromatic rings. The number of benzene rings is 1. The van der Waals surface area contributed by atoms with Crippen molar-refractivity contribution in [1.82, 2.24) is 0 Å². The van der Waals surface area contributed by atoms with Crippen LogP contribution in [0.4, 0.5) is 4.39 Å². The molecular weight excluding hydrogens is 158 g/mol. The van der Waals surface area contributed by atoms with Gasteiger partial charge in [0.1, 0.15) is 5.82 Å². The summed E-state index contributed by atoms with van der Waals surface area (Å²) in [6, 6.07) is 2.84. The summed E-state index contributed by atoms with van der Waals surface area (Å²) >= 11 is 0. The quantitative estimate of drug-likeness (QED) is 0.584. The van der Waals surface area contributed by atoms with Crippen molar-refractivity contribution in [3.8, 4) is 0 Å². The van der Waals surface area contributed by atoms with Crippen LogP contribution in [0.1, 0.15) is 11.1 Å². The van der Waals surface area contributed by atoms with E-state index in [1.165, 1.54) is 6.07 Å². The molecule has 4 heteroatoms. The van der Waals surface area contributed by atoms with Crippen molar-refractivity contribution in [2.45, 2.75) is 13.8 Å². The number of hydrogen-bond acceptors (Lipinski definition) is 2. The van der Waals surface area contributed by atoms with Crippen molar-refractivity contribution < 1.29 is 14.4 Å². The van der Waals surface area contributed by atoms with Gasteiger partial charge in [0.15, 0.2) is 0 Å². The van der Waals surface area contributed by atoms with Gasteiger partial charge in [0.2, 0.25) is 0 Å². The first kappa shape index (κ1) is 9.22. The Bertz CT molecular complexity index is 299. The summed E-state index contributed by atoms with van der Waals surface area (Å²) in [7, 11) is -1.73. The van der Waals surface area contributed by atoms with Crippen LogP contribution in [0.3, 0.4) is 0 Å². The Morgan fingerprint density at radius 2 is 1.83 bits per heavy atom. The lowest BCUT2D eigenvalue weighted by atomic mass is 9.76. The molecule has 2 nitrogen and oxygen atoms in total. The second-order valence-electron chi connectivity index (χ2n) is 2.78. The minimum atomic E-state index is -1.73. The van der Waals surface area contributed by atoms with E-state index in [1.807, 2.05) is 0 Å². The summed E-state index contributed by atoms with van der Waals surface area (Å²) in [6.45, 7) is 3.45. The largest absolute Gasteiger partial charge is 0.491 e. The molecule has 0 aromatic heterocycles. The molecule has 0 heterocycles. The monoisotopic (exact) mass is 168 g/mol. The van der Waals surface area contributed by atoms with Crippen LogP contribution < -0.4 is 5.46 Å². The van der Waals surface area contributed by atoms with Crippen molar-refractivity contribution in [3.05, 3.63) is 29.1 Å². The Morgan fingerprint density at radius 3 is 2.25 bits per heavy atom. The van der Waals surface area contributed by atoms with Crippen molar-refractivity contribution >= 4 is 12.6 Å². The first-order valence-electron chi connectivity index (χ1n) is 3.65. The molecule has 1 aromatic carbocycles. The third kappa shape index (κ3) is 1.49. The normalized spacial score (nSPS) is 10.1. The highest BCUT2D eigenvalue weighted by atomic mass is 19.1. The maximum absolute atomic E-state index is 13.0. The lowest BCUT2D eigenvalue weighted by Crippen LogP contribution is -2.35. The van der Waals surface area contributed by atoms with Crippen LogP contribution in [-0.2, 0) is 0 Å². The van der Waals surface area contributed by atoms with E-state index in [9.17, 15) is 4.39 Å². The molecular formula is C8H10BFO2. The van der Waals surface area contributed by atoms with Gasteiger partial charge in [0, 0.05) is 5.46 Å². The van der Waals surface area contributed by atoms with E-state index in [0.29, 0.717) is 5.56 Å². The minimum absolute atomic E-state index is 0.0324. The Morgan fingerprint density at radius 1 is 1.25 bits per heavy atom. The second-order valence-corrected chi connectivity index (χ2v) is 2.78. The molecule has 0 aliphatic carbocycles. The predicted molar refractivity (Wildman–Crippen MR) is 45.7 cm³/mol. The van der Waals surface area contributed by atoms with Gasteiger partial charge in [-0.05, 0) is 31.0 Å². The highest BCUT2D eigenvalue weighted by Gasteiger charge is 2.19. The third-order valence-electron chi connectivity index (χ3n) is 1.99. The van der Waals surface area contributed by atoms with Crippen LogP contribution in [0.2, 0.25) is 0 Å². The minimum Gasteiger partial charge on any atom is -0.423 e. The highest BCUT2D eigenvalue weighted by Crippen LogP contribution is 2.06. The lowest BCUT2D eigenvalue weighted by molar-refractivity contribution is 0.422. The SMILES string of the molecule is Cc1ccc(F)c(B(O)O)c1C. The van der Waals surface area contributed by atoms with Crippen LogP contribution >= 0.6 is 0 Å². The smallest absolute Gasteiger partial charge is 0.423 e. The second kappa shape index (κ2) is 3.25. The van der Waals surface area contributed by atoms with Gasteiger partial charge in [0.05, 0.1) is 0 Å². The average molecular weight is 168 g/mol. The molecule has 0 bridgehead atoms. The maximum atomic E-state index is 13.0. The molecule has 64 valence electrons. The predicted octanol–water partition coefficient (Wildman–Crippen LogP) is 0.122. The molecule has 0 unspecified atom stereocenters. The fraction of sp³-hybridized carbons (Fsp3) is 0.250. The number of hydrogen-bond donors (Lipinski definition) is 2. The average Bonchev–Trinajstić information content (AvgIpc) is 1.97. The molecule has 2 N–H and O–H groups in total. The zero-order valence-electron chi connectivity index (χ0n) is 7.00. The number of halogens is 1. The van der Waals surface area contributed by atoms with Gasteiger partial charge in [-0.1, -0.05) is 6.07 Å². The molecule has 0 amide bonds. The number of rotatable bonds is 1. The van der Waals surface area contributed by atoms with Gasteiger partial charge in [-0.15, -0.1) is 0 Å². The van der Waals surface area contributed by atoms with E-state index in [-0.39, 0.29) is 5.46 Å². The fourth-order valence-corrected chi connectivity index (χ4v) is 1.12. The molecule has 0 saturated carbocycles. The Hall–Kier alpha value is -0.865. The van der Waals surface area contributed by atoms with E-state index < -0.39 is 12.9 Å². The van der Waals surface area contributed by atoms with Gasteiger partial charge in [-0.3, -0.25) is 0 Å². The molecule has 0 atom stereocenters. The lowest BCUT2D eigenvalue weighted by Gasteiger charge is -2.08. The molecule has 0 fully saturated rings. The van der Waals surface area contributed by atoms with Gasteiger partial charge in [0.25, 0.3) is 0 Å². The molecule has 0 aliphatic rings. The Labute approximate surface area is 70.8 Å². The van der Waals surface area contributed by atoms with E-state index in [2.05, 4.69) is 0 Å². The third-order valence-corrected chi connectivity index (χ3v) is 1.99. The summed E-state index contributed by atoms with van der Waals surface area (Å²) in [4.78, 5) is 0. The molecule has 0 spiro atoms. The van der Waals surface area contributed by atoms with Crippen LogP contribution in [0.15, 0.2) is 12.1 Å². The number of aryl methyl sites for hydroxylation is 1.